The highest BCUT2D eigenvalue weighted by molar-refractivity contribution is 4.78. The molecule has 2 fully saturated rings. The van der Waals surface area contributed by atoms with Gasteiger partial charge in [0.05, 0.1) is 13.2 Å². The van der Waals surface area contributed by atoms with E-state index in [4.69, 9.17) is 14.2 Å². The van der Waals surface area contributed by atoms with Crippen LogP contribution in [0.2, 0.25) is 0 Å². The fourth-order valence-electron chi connectivity index (χ4n) is 1.22. The normalized spacial score (nSPS) is 49.7. The molecule has 2 aliphatic heterocycles. The van der Waals surface area contributed by atoms with Gasteiger partial charge in [-0.15, -0.1) is 0 Å². The van der Waals surface area contributed by atoms with Crippen LogP contribution in [0.1, 0.15) is 6.92 Å². The maximum atomic E-state index is 5.44. The van der Waals surface area contributed by atoms with Crippen molar-refractivity contribution in [1.29, 1.82) is 0 Å². The van der Waals surface area contributed by atoms with E-state index in [9.17, 15) is 0 Å². The predicted octanol–water partition coefficient (Wildman–Crippen LogP) is 0.148. The van der Waals surface area contributed by atoms with Crippen LogP contribution in [-0.4, -0.2) is 31.7 Å². The second-order valence-corrected chi connectivity index (χ2v) is 2.70. The Bertz CT molecular complexity index is 121. The van der Waals surface area contributed by atoms with Gasteiger partial charge in [0.2, 0.25) is 0 Å². The van der Waals surface area contributed by atoms with Crippen molar-refractivity contribution >= 4 is 0 Å². The number of hydrogen-bond acceptors (Lipinski definition) is 3. The Balaban J connectivity index is 2.13. The molecule has 0 aliphatic carbocycles. The van der Waals surface area contributed by atoms with Crippen LogP contribution in [0.5, 0.6) is 0 Å². The molecule has 3 nitrogen and oxygen atoms in total. The fraction of sp³-hybridized carbons (Fsp3) is 1.00. The second kappa shape index (κ2) is 1.68. The summed E-state index contributed by atoms with van der Waals surface area (Å²) >= 11 is 0. The van der Waals surface area contributed by atoms with Crippen molar-refractivity contribution < 1.29 is 14.2 Å². The van der Waals surface area contributed by atoms with Gasteiger partial charge in [-0.05, 0) is 6.92 Å². The molecule has 2 rings (SSSR count). The highest BCUT2D eigenvalue weighted by Gasteiger charge is 2.41. The molecule has 2 saturated heterocycles. The van der Waals surface area contributed by atoms with Crippen molar-refractivity contribution in [1.82, 2.24) is 0 Å². The van der Waals surface area contributed by atoms with Crippen LogP contribution in [0.4, 0.5) is 0 Å². The SMILES string of the molecule is C[C@]12COC[C@H](CO1)O2. The van der Waals surface area contributed by atoms with Crippen LogP contribution >= 0.6 is 0 Å². The summed E-state index contributed by atoms with van der Waals surface area (Å²) in [4.78, 5) is 0. The first-order valence-corrected chi connectivity index (χ1v) is 3.18. The summed E-state index contributed by atoms with van der Waals surface area (Å²) in [5.74, 6) is -0.428. The molecule has 52 valence electrons. The molecule has 0 unspecified atom stereocenters. The van der Waals surface area contributed by atoms with Gasteiger partial charge in [0.25, 0.3) is 0 Å². The second-order valence-electron chi connectivity index (χ2n) is 2.70. The summed E-state index contributed by atoms with van der Waals surface area (Å²) < 4.78 is 16.0. The maximum absolute atomic E-state index is 5.44. The summed E-state index contributed by atoms with van der Waals surface area (Å²) in [7, 11) is 0. The highest BCUT2D eigenvalue weighted by Crippen LogP contribution is 2.27. The first kappa shape index (κ1) is 5.65. The zero-order chi connectivity index (χ0) is 6.32. The summed E-state index contributed by atoms with van der Waals surface area (Å²) in [6, 6.07) is 0. The minimum Gasteiger partial charge on any atom is -0.373 e. The molecule has 0 radical (unpaired) electrons. The molecule has 0 aromatic carbocycles. The van der Waals surface area contributed by atoms with Gasteiger partial charge in [-0.25, -0.2) is 0 Å². The van der Waals surface area contributed by atoms with E-state index < -0.39 is 5.79 Å². The van der Waals surface area contributed by atoms with Gasteiger partial charge >= 0.3 is 0 Å². The largest absolute Gasteiger partial charge is 0.373 e. The minimum atomic E-state index is -0.428. The first-order chi connectivity index (χ1) is 4.29. The van der Waals surface area contributed by atoms with Crippen molar-refractivity contribution in [2.24, 2.45) is 0 Å². The minimum absolute atomic E-state index is 0.184. The van der Waals surface area contributed by atoms with Crippen LogP contribution < -0.4 is 0 Å². The lowest BCUT2D eigenvalue weighted by Crippen LogP contribution is -2.38. The van der Waals surface area contributed by atoms with Crippen LogP contribution in [0.3, 0.4) is 0 Å². The van der Waals surface area contributed by atoms with Crippen LogP contribution in [0.15, 0.2) is 0 Å². The number of rotatable bonds is 0. The van der Waals surface area contributed by atoms with E-state index >= 15 is 0 Å². The van der Waals surface area contributed by atoms with Gasteiger partial charge in [-0.3, -0.25) is 0 Å². The summed E-state index contributed by atoms with van der Waals surface area (Å²) in [6.45, 7) is 3.86. The molecule has 0 saturated carbocycles. The lowest BCUT2D eigenvalue weighted by Gasteiger charge is -2.27. The molecular formula is C6H10O3. The zero-order valence-electron chi connectivity index (χ0n) is 5.42. The van der Waals surface area contributed by atoms with E-state index in [1.807, 2.05) is 6.92 Å². The molecular weight excluding hydrogens is 120 g/mol. The summed E-state index contributed by atoms with van der Waals surface area (Å²) in [5.41, 5.74) is 0. The first-order valence-electron chi connectivity index (χ1n) is 3.18. The van der Waals surface area contributed by atoms with E-state index in [0.717, 1.165) is 0 Å². The van der Waals surface area contributed by atoms with E-state index in [2.05, 4.69) is 0 Å². The molecule has 2 atom stereocenters. The molecule has 0 spiro atoms. The molecule has 0 N–H and O–H groups in total. The van der Waals surface area contributed by atoms with Crippen molar-refractivity contribution in [2.75, 3.05) is 19.8 Å². The third-order valence-corrected chi connectivity index (χ3v) is 1.66. The highest BCUT2D eigenvalue weighted by atomic mass is 16.8. The third-order valence-electron chi connectivity index (χ3n) is 1.66. The number of ether oxygens (including phenoxy) is 3. The Labute approximate surface area is 53.9 Å². The Morgan fingerprint density at radius 3 is 3.00 bits per heavy atom. The quantitative estimate of drug-likeness (QED) is 0.467. The predicted molar refractivity (Wildman–Crippen MR) is 30.0 cm³/mol. The topological polar surface area (TPSA) is 27.7 Å². The summed E-state index contributed by atoms with van der Waals surface area (Å²) in [5, 5.41) is 0. The van der Waals surface area contributed by atoms with Crippen LogP contribution in [-0.2, 0) is 14.2 Å². The Morgan fingerprint density at radius 1 is 1.44 bits per heavy atom. The van der Waals surface area contributed by atoms with Crippen molar-refractivity contribution in [3.8, 4) is 0 Å². The lowest BCUT2D eigenvalue weighted by molar-refractivity contribution is -0.224. The number of hydrogen-bond donors (Lipinski definition) is 0. The Morgan fingerprint density at radius 2 is 2.33 bits per heavy atom. The van der Waals surface area contributed by atoms with Gasteiger partial charge in [-0.2, -0.15) is 0 Å². The van der Waals surface area contributed by atoms with Gasteiger partial charge in [0, 0.05) is 0 Å². The van der Waals surface area contributed by atoms with Crippen molar-refractivity contribution in [3.05, 3.63) is 0 Å². The van der Waals surface area contributed by atoms with Gasteiger partial charge in [0.15, 0.2) is 5.79 Å². The molecule has 2 aliphatic rings. The zero-order valence-corrected chi connectivity index (χ0v) is 5.42. The molecule has 2 heterocycles. The molecule has 2 bridgehead atoms. The van der Waals surface area contributed by atoms with E-state index in [1.165, 1.54) is 0 Å². The molecule has 3 heteroatoms. The number of fused-ring (bicyclic) bond motifs is 2. The molecule has 0 amide bonds. The van der Waals surface area contributed by atoms with Gasteiger partial charge < -0.3 is 14.2 Å². The van der Waals surface area contributed by atoms with Crippen molar-refractivity contribution in [2.45, 2.75) is 18.8 Å². The van der Waals surface area contributed by atoms with Crippen molar-refractivity contribution in [3.63, 3.8) is 0 Å². The third kappa shape index (κ3) is 0.852. The fourth-order valence-corrected chi connectivity index (χ4v) is 1.22. The van der Waals surface area contributed by atoms with Gasteiger partial charge in [0.1, 0.15) is 12.7 Å². The Hall–Kier alpha value is -0.120. The van der Waals surface area contributed by atoms with E-state index in [0.29, 0.717) is 19.8 Å². The lowest BCUT2D eigenvalue weighted by atomic mass is 10.3. The summed E-state index contributed by atoms with van der Waals surface area (Å²) in [6.07, 6.45) is 0.184. The van der Waals surface area contributed by atoms with E-state index in [1.54, 1.807) is 0 Å². The van der Waals surface area contributed by atoms with Crippen LogP contribution in [0, 0.1) is 0 Å². The average Bonchev–Trinajstić information content (AvgIpc) is 2.07. The standard InChI is InChI=1S/C6H10O3/c1-6-4-7-2-5(9-6)3-8-6/h5H,2-4H2,1H3/t5-,6+/m1/s1. The molecule has 9 heavy (non-hydrogen) atoms. The van der Waals surface area contributed by atoms with E-state index in [-0.39, 0.29) is 6.10 Å². The average molecular weight is 130 g/mol. The van der Waals surface area contributed by atoms with Gasteiger partial charge in [-0.1, -0.05) is 0 Å². The molecule has 0 aromatic rings. The monoisotopic (exact) mass is 130 g/mol. The Kier molecular flexibility index (Phi) is 1.06. The van der Waals surface area contributed by atoms with Crippen LogP contribution in [0.25, 0.3) is 0 Å². The smallest absolute Gasteiger partial charge is 0.189 e. The molecule has 0 aromatic heterocycles. The maximum Gasteiger partial charge on any atom is 0.189 e.